The second kappa shape index (κ2) is 6.15. The van der Waals surface area contributed by atoms with Crippen molar-refractivity contribution in [2.24, 2.45) is 0 Å². The summed E-state index contributed by atoms with van der Waals surface area (Å²) in [5, 5.41) is 0. The normalized spacial score (nSPS) is 12.4. The van der Waals surface area contributed by atoms with Crippen molar-refractivity contribution in [1.82, 2.24) is 4.98 Å². The number of allylic oxidation sites excluding steroid dienone is 5. The Bertz CT molecular complexity index is 531. The molecular formula is C17H21N. The Labute approximate surface area is 110 Å². The predicted molar refractivity (Wildman–Crippen MR) is 81.3 cm³/mol. The topological polar surface area (TPSA) is 12.9 Å². The van der Waals surface area contributed by atoms with Crippen molar-refractivity contribution >= 4 is 11.6 Å². The van der Waals surface area contributed by atoms with E-state index in [0.717, 1.165) is 22.5 Å². The molecule has 0 aliphatic rings. The van der Waals surface area contributed by atoms with Gasteiger partial charge in [-0.1, -0.05) is 43.0 Å². The maximum atomic E-state index is 4.55. The van der Waals surface area contributed by atoms with Crippen molar-refractivity contribution in [1.29, 1.82) is 0 Å². The van der Waals surface area contributed by atoms with Crippen molar-refractivity contribution < 1.29 is 0 Å². The fourth-order valence-corrected chi connectivity index (χ4v) is 1.64. The van der Waals surface area contributed by atoms with E-state index in [4.69, 9.17) is 0 Å². The second-order valence-electron chi connectivity index (χ2n) is 4.40. The SMILES string of the molecule is C=Cc1ccc(C(=C)/C=C(C)\C(C)=C/C)nc1C. The first kappa shape index (κ1) is 14.2. The number of hydrogen-bond donors (Lipinski definition) is 0. The Balaban J connectivity index is 3.06. The molecule has 0 aliphatic heterocycles. The smallest absolute Gasteiger partial charge is 0.0699 e. The van der Waals surface area contributed by atoms with E-state index in [1.54, 1.807) is 0 Å². The molecule has 0 fully saturated rings. The highest BCUT2D eigenvalue weighted by molar-refractivity contribution is 5.72. The second-order valence-corrected chi connectivity index (χ2v) is 4.40. The van der Waals surface area contributed by atoms with Crippen LogP contribution < -0.4 is 0 Å². The molecule has 1 aromatic rings. The summed E-state index contributed by atoms with van der Waals surface area (Å²) in [6.07, 6.45) is 5.99. The van der Waals surface area contributed by atoms with Crippen LogP contribution >= 0.6 is 0 Å². The maximum absolute atomic E-state index is 4.55. The van der Waals surface area contributed by atoms with Gasteiger partial charge in [0.15, 0.2) is 0 Å². The van der Waals surface area contributed by atoms with Crippen LogP contribution in [0.15, 0.2) is 48.6 Å². The summed E-state index contributed by atoms with van der Waals surface area (Å²) >= 11 is 0. The number of aromatic nitrogens is 1. The van der Waals surface area contributed by atoms with Gasteiger partial charge < -0.3 is 0 Å². The lowest BCUT2D eigenvalue weighted by Crippen LogP contribution is -1.93. The van der Waals surface area contributed by atoms with Crippen molar-refractivity contribution in [2.75, 3.05) is 0 Å². The van der Waals surface area contributed by atoms with Gasteiger partial charge >= 0.3 is 0 Å². The van der Waals surface area contributed by atoms with Crippen LogP contribution in [0.2, 0.25) is 0 Å². The van der Waals surface area contributed by atoms with Crippen molar-refractivity contribution in [3.63, 3.8) is 0 Å². The molecule has 1 aromatic heterocycles. The molecule has 0 unspecified atom stereocenters. The van der Waals surface area contributed by atoms with Crippen molar-refractivity contribution in [3.8, 4) is 0 Å². The minimum absolute atomic E-state index is 0.918. The fraction of sp³-hybridized carbons (Fsp3) is 0.235. The van der Waals surface area contributed by atoms with E-state index in [9.17, 15) is 0 Å². The lowest BCUT2D eigenvalue weighted by atomic mass is 10.0. The van der Waals surface area contributed by atoms with Crippen molar-refractivity contribution in [3.05, 3.63) is 65.5 Å². The minimum Gasteiger partial charge on any atom is -0.253 e. The Morgan fingerprint density at radius 3 is 2.39 bits per heavy atom. The average Bonchev–Trinajstić information content (AvgIpc) is 2.37. The molecule has 1 rings (SSSR count). The molecule has 94 valence electrons. The summed E-state index contributed by atoms with van der Waals surface area (Å²) in [5.74, 6) is 0. The van der Waals surface area contributed by atoms with Gasteiger partial charge in [-0.2, -0.15) is 0 Å². The molecule has 0 aromatic carbocycles. The first-order chi connectivity index (χ1) is 8.49. The minimum atomic E-state index is 0.918. The third kappa shape index (κ3) is 3.30. The van der Waals surface area contributed by atoms with Gasteiger partial charge in [0.05, 0.1) is 5.69 Å². The lowest BCUT2D eigenvalue weighted by molar-refractivity contribution is 1.16. The van der Waals surface area contributed by atoms with Gasteiger partial charge in [-0.3, -0.25) is 4.98 Å². The first-order valence-corrected chi connectivity index (χ1v) is 6.10. The Hall–Kier alpha value is -1.89. The number of nitrogens with zero attached hydrogens (tertiary/aromatic N) is 1. The van der Waals surface area contributed by atoms with E-state index in [1.165, 1.54) is 11.1 Å². The zero-order valence-corrected chi connectivity index (χ0v) is 11.7. The van der Waals surface area contributed by atoms with Gasteiger partial charge in [-0.15, -0.1) is 0 Å². The van der Waals surface area contributed by atoms with Crippen LogP contribution in [-0.4, -0.2) is 4.98 Å². The van der Waals surface area contributed by atoms with Gasteiger partial charge in [0.25, 0.3) is 0 Å². The van der Waals surface area contributed by atoms with E-state index < -0.39 is 0 Å². The molecule has 1 heterocycles. The quantitative estimate of drug-likeness (QED) is 0.677. The van der Waals surface area contributed by atoms with Crippen LogP contribution in [0.3, 0.4) is 0 Å². The van der Waals surface area contributed by atoms with Crippen LogP contribution in [0, 0.1) is 6.92 Å². The highest BCUT2D eigenvalue weighted by Gasteiger charge is 2.02. The summed E-state index contributed by atoms with van der Waals surface area (Å²) in [4.78, 5) is 4.55. The van der Waals surface area contributed by atoms with Crippen LogP contribution in [-0.2, 0) is 0 Å². The first-order valence-electron chi connectivity index (χ1n) is 6.10. The van der Waals surface area contributed by atoms with Crippen LogP contribution in [0.1, 0.15) is 37.7 Å². The Morgan fingerprint density at radius 2 is 1.89 bits per heavy atom. The van der Waals surface area contributed by atoms with Gasteiger partial charge in [-0.05, 0) is 50.5 Å². The molecule has 0 saturated carbocycles. The zero-order chi connectivity index (χ0) is 13.7. The van der Waals surface area contributed by atoms with Gasteiger partial charge in [-0.25, -0.2) is 0 Å². The van der Waals surface area contributed by atoms with E-state index in [1.807, 2.05) is 32.1 Å². The fourth-order valence-electron chi connectivity index (χ4n) is 1.64. The number of hydrogen-bond acceptors (Lipinski definition) is 1. The number of rotatable bonds is 4. The van der Waals surface area contributed by atoms with Crippen LogP contribution in [0.5, 0.6) is 0 Å². The van der Waals surface area contributed by atoms with Crippen LogP contribution in [0.25, 0.3) is 11.6 Å². The average molecular weight is 239 g/mol. The summed E-state index contributed by atoms with van der Waals surface area (Å²) in [6, 6.07) is 4.02. The largest absolute Gasteiger partial charge is 0.253 e. The van der Waals surface area contributed by atoms with Gasteiger partial charge in [0.1, 0.15) is 0 Å². The summed E-state index contributed by atoms with van der Waals surface area (Å²) in [5.41, 5.74) is 6.38. The Morgan fingerprint density at radius 1 is 1.22 bits per heavy atom. The maximum Gasteiger partial charge on any atom is 0.0699 e. The summed E-state index contributed by atoms with van der Waals surface area (Å²) in [6.45, 7) is 16.1. The summed E-state index contributed by atoms with van der Waals surface area (Å²) < 4.78 is 0. The molecular weight excluding hydrogens is 218 g/mol. The van der Waals surface area contributed by atoms with E-state index >= 15 is 0 Å². The lowest BCUT2D eigenvalue weighted by Gasteiger charge is -2.06. The highest BCUT2D eigenvalue weighted by Crippen LogP contribution is 2.19. The third-order valence-electron chi connectivity index (χ3n) is 3.12. The molecule has 1 heteroatoms. The van der Waals surface area contributed by atoms with E-state index in [-0.39, 0.29) is 0 Å². The van der Waals surface area contributed by atoms with E-state index in [2.05, 4.69) is 44.1 Å². The monoisotopic (exact) mass is 239 g/mol. The molecule has 0 aliphatic carbocycles. The molecule has 0 spiro atoms. The molecule has 0 atom stereocenters. The number of pyridine rings is 1. The standard InChI is InChI=1S/C17H21N/c1-7-12(3)13(4)11-14(5)17-10-9-16(8-2)15(6)18-17/h7-11H,2,5H2,1,3-4,6H3/b12-7-,13-11-. The summed E-state index contributed by atoms with van der Waals surface area (Å²) in [7, 11) is 0. The zero-order valence-electron chi connectivity index (χ0n) is 11.7. The molecule has 0 saturated heterocycles. The molecule has 0 radical (unpaired) electrons. The van der Waals surface area contributed by atoms with E-state index in [0.29, 0.717) is 0 Å². The number of aryl methyl sites for hydroxylation is 1. The third-order valence-corrected chi connectivity index (χ3v) is 3.12. The molecule has 0 bridgehead atoms. The van der Waals surface area contributed by atoms with Gasteiger partial charge in [0.2, 0.25) is 0 Å². The molecule has 0 N–H and O–H groups in total. The highest BCUT2D eigenvalue weighted by atomic mass is 14.7. The predicted octanol–water partition coefficient (Wildman–Crippen LogP) is 4.96. The molecule has 18 heavy (non-hydrogen) atoms. The molecule has 0 amide bonds. The Kier molecular flexibility index (Phi) is 4.85. The van der Waals surface area contributed by atoms with Gasteiger partial charge in [0, 0.05) is 5.69 Å². The van der Waals surface area contributed by atoms with Crippen LogP contribution in [0.4, 0.5) is 0 Å². The van der Waals surface area contributed by atoms with Crippen molar-refractivity contribution in [2.45, 2.75) is 27.7 Å². The molecule has 1 nitrogen and oxygen atoms in total.